The molecule has 0 unspecified atom stereocenters. The Morgan fingerprint density at radius 3 is 2.36 bits per heavy atom. The summed E-state index contributed by atoms with van der Waals surface area (Å²) in [6.07, 6.45) is 0. The lowest BCUT2D eigenvalue weighted by atomic mass is 10.3. The van der Waals surface area contributed by atoms with Crippen LogP contribution in [0.4, 0.5) is 4.39 Å². The normalized spacial score (nSPS) is 11.3. The average Bonchev–Trinajstić information content (AvgIpc) is 2.08. The van der Waals surface area contributed by atoms with E-state index in [0.29, 0.717) is 0 Å². The summed E-state index contributed by atoms with van der Waals surface area (Å²) in [5.74, 6) is -0.453. The lowest BCUT2D eigenvalue weighted by Crippen LogP contribution is -2.12. The van der Waals surface area contributed by atoms with Crippen molar-refractivity contribution in [1.29, 1.82) is 0 Å². The molecule has 0 aliphatic carbocycles. The van der Waals surface area contributed by atoms with Crippen LogP contribution in [-0.4, -0.2) is 15.0 Å². The van der Waals surface area contributed by atoms with Gasteiger partial charge in [0.1, 0.15) is 11.6 Å². The summed E-state index contributed by atoms with van der Waals surface area (Å²) < 4.78 is 43.1. The predicted octanol–water partition coefficient (Wildman–Crippen LogP) is 1.49. The average molecular weight is 220 g/mol. The molecule has 14 heavy (non-hydrogen) atoms. The number of hydrogen-bond acceptors (Lipinski definition) is 4. The first-order chi connectivity index (χ1) is 6.53. The highest BCUT2D eigenvalue weighted by molar-refractivity contribution is 7.82. The van der Waals surface area contributed by atoms with Crippen molar-refractivity contribution in [3.63, 3.8) is 0 Å². The summed E-state index contributed by atoms with van der Waals surface area (Å²) in [6.45, 7) is 1.51. The molecule has 0 fully saturated rings. The maximum absolute atomic E-state index is 12.4. The molecule has 0 saturated carbocycles. The minimum Gasteiger partial charge on any atom is -0.362 e. The number of benzene rings is 1. The summed E-state index contributed by atoms with van der Waals surface area (Å²) in [4.78, 5) is 0. The van der Waals surface area contributed by atoms with Crippen LogP contribution in [0, 0.1) is 5.82 Å². The monoisotopic (exact) mass is 220 g/mol. The van der Waals surface area contributed by atoms with Gasteiger partial charge in [0.15, 0.2) is 0 Å². The van der Waals surface area contributed by atoms with Gasteiger partial charge in [-0.05, 0) is 31.2 Å². The van der Waals surface area contributed by atoms with Crippen LogP contribution in [0.2, 0.25) is 0 Å². The van der Waals surface area contributed by atoms with Crippen LogP contribution in [-0.2, 0) is 14.6 Å². The van der Waals surface area contributed by atoms with Crippen molar-refractivity contribution in [2.75, 3.05) is 6.61 Å². The molecule has 0 atom stereocenters. The topological polar surface area (TPSA) is 52.6 Å². The third kappa shape index (κ3) is 3.31. The Balaban J connectivity index is 2.74. The Hall–Kier alpha value is -1.14. The fraction of sp³-hybridized carbons (Fsp3) is 0.250. The summed E-state index contributed by atoms with van der Waals surface area (Å²) in [5.41, 5.74) is 0. The van der Waals surface area contributed by atoms with Crippen molar-refractivity contribution in [3.8, 4) is 5.75 Å². The predicted molar refractivity (Wildman–Crippen MR) is 47.6 cm³/mol. The minimum atomic E-state index is -4.02. The minimum absolute atomic E-state index is 0.0104. The zero-order chi connectivity index (χ0) is 10.6. The highest BCUT2D eigenvalue weighted by atomic mass is 32.3. The van der Waals surface area contributed by atoms with Gasteiger partial charge in [0.25, 0.3) is 0 Å². The van der Waals surface area contributed by atoms with Crippen LogP contribution >= 0.6 is 0 Å². The summed E-state index contributed by atoms with van der Waals surface area (Å²) in [6, 6.07) is 4.59. The van der Waals surface area contributed by atoms with E-state index < -0.39 is 16.2 Å². The van der Waals surface area contributed by atoms with Crippen molar-refractivity contribution >= 4 is 10.4 Å². The molecule has 0 aliphatic rings. The molecule has 0 amide bonds. The van der Waals surface area contributed by atoms with Crippen molar-refractivity contribution in [2.45, 2.75) is 6.92 Å². The van der Waals surface area contributed by atoms with E-state index in [1.54, 1.807) is 0 Å². The van der Waals surface area contributed by atoms with Gasteiger partial charge in [-0.15, -0.1) is 0 Å². The van der Waals surface area contributed by atoms with Crippen LogP contribution in [0.5, 0.6) is 5.75 Å². The van der Waals surface area contributed by atoms with Crippen molar-refractivity contribution in [3.05, 3.63) is 30.1 Å². The molecule has 0 aliphatic heterocycles. The number of halogens is 1. The Labute approximate surface area is 81.6 Å². The van der Waals surface area contributed by atoms with Gasteiger partial charge in [0, 0.05) is 0 Å². The third-order valence-corrected chi connectivity index (χ3v) is 2.20. The fourth-order valence-electron chi connectivity index (χ4n) is 0.776. The number of rotatable bonds is 4. The van der Waals surface area contributed by atoms with Gasteiger partial charge in [0.05, 0.1) is 6.61 Å². The molecule has 1 aromatic rings. The maximum Gasteiger partial charge on any atom is 0.449 e. The fourth-order valence-corrected chi connectivity index (χ4v) is 1.46. The first-order valence-electron chi connectivity index (χ1n) is 3.88. The Morgan fingerprint density at radius 2 is 1.86 bits per heavy atom. The molecule has 0 N–H and O–H groups in total. The second kappa shape index (κ2) is 4.39. The maximum atomic E-state index is 12.4. The molecular weight excluding hydrogens is 211 g/mol. The Bertz CT molecular complexity index is 384. The van der Waals surface area contributed by atoms with E-state index in [0.717, 1.165) is 12.1 Å². The second-order valence-electron chi connectivity index (χ2n) is 2.35. The third-order valence-electron chi connectivity index (χ3n) is 1.27. The van der Waals surface area contributed by atoms with Gasteiger partial charge in [-0.25, -0.2) is 8.57 Å². The molecule has 1 rings (SSSR count). The van der Waals surface area contributed by atoms with Crippen LogP contribution < -0.4 is 4.18 Å². The van der Waals surface area contributed by atoms with Gasteiger partial charge in [0.2, 0.25) is 0 Å². The molecule has 0 radical (unpaired) electrons. The van der Waals surface area contributed by atoms with Crippen LogP contribution in [0.1, 0.15) is 6.92 Å². The first-order valence-corrected chi connectivity index (χ1v) is 5.21. The molecule has 78 valence electrons. The van der Waals surface area contributed by atoms with Gasteiger partial charge < -0.3 is 4.18 Å². The largest absolute Gasteiger partial charge is 0.449 e. The van der Waals surface area contributed by atoms with Gasteiger partial charge in [-0.1, -0.05) is 0 Å². The zero-order valence-electron chi connectivity index (χ0n) is 7.44. The molecule has 0 spiro atoms. The van der Waals surface area contributed by atoms with Gasteiger partial charge in [-0.3, -0.25) is 0 Å². The molecule has 0 saturated heterocycles. The van der Waals surface area contributed by atoms with E-state index in [-0.39, 0.29) is 12.4 Å². The van der Waals surface area contributed by atoms with E-state index in [1.807, 2.05) is 0 Å². The zero-order valence-corrected chi connectivity index (χ0v) is 8.25. The lowest BCUT2D eigenvalue weighted by Gasteiger charge is -2.04. The van der Waals surface area contributed by atoms with Crippen LogP contribution in [0.15, 0.2) is 24.3 Å². The van der Waals surface area contributed by atoms with Gasteiger partial charge >= 0.3 is 10.4 Å². The molecule has 1 aromatic carbocycles. The van der Waals surface area contributed by atoms with E-state index in [4.69, 9.17) is 0 Å². The van der Waals surface area contributed by atoms with E-state index in [1.165, 1.54) is 19.1 Å². The highest BCUT2D eigenvalue weighted by Crippen LogP contribution is 2.13. The molecule has 6 heteroatoms. The van der Waals surface area contributed by atoms with E-state index >= 15 is 0 Å². The SMILES string of the molecule is CCOS(=O)(=O)Oc1ccc(F)cc1. The van der Waals surface area contributed by atoms with E-state index in [2.05, 4.69) is 8.37 Å². The molecule has 0 heterocycles. The lowest BCUT2D eigenvalue weighted by molar-refractivity contribution is 0.288. The standard InChI is InChI=1S/C8H9FO4S/c1-2-12-14(10,11)13-8-5-3-7(9)4-6-8/h3-6H,2H2,1H3. The molecular formula is C8H9FO4S. The van der Waals surface area contributed by atoms with E-state index in [9.17, 15) is 12.8 Å². The summed E-state index contributed by atoms with van der Waals surface area (Å²) >= 11 is 0. The molecule has 0 aromatic heterocycles. The molecule has 4 nitrogen and oxygen atoms in total. The van der Waals surface area contributed by atoms with Crippen LogP contribution in [0.25, 0.3) is 0 Å². The number of hydrogen-bond donors (Lipinski definition) is 0. The summed E-state index contributed by atoms with van der Waals surface area (Å²) in [5, 5.41) is 0. The van der Waals surface area contributed by atoms with Crippen molar-refractivity contribution in [1.82, 2.24) is 0 Å². The quantitative estimate of drug-likeness (QED) is 0.771. The van der Waals surface area contributed by atoms with Gasteiger partial charge in [-0.2, -0.15) is 8.42 Å². The smallest absolute Gasteiger partial charge is 0.362 e. The van der Waals surface area contributed by atoms with Crippen LogP contribution in [0.3, 0.4) is 0 Å². The second-order valence-corrected chi connectivity index (χ2v) is 3.57. The highest BCUT2D eigenvalue weighted by Gasteiger charge is 2.11. The summed E-state index contributed by atoms with van der Waals surface area (Å²) in [7, 11) is -4.02. The first kappa shape index (κ1) is 10.9. The molecule has 0 bridgehead atoms. The van der Waals surface area contributed by atoms with Crippen molar-refractivity contribution < 1.29 is 21.2 Å². The Kier molecular flexibility index (Phi) is 3.43. The Morgan fingerprint density at radius 1 is 1.29 bits per heavy atom. The van der Waals surface area contributed by atoms with Crippen molar-refractivity contribution in [2.24, 2.45) is 0 Å².